The highest BCUT2D eigenvalue weighted by molar-refractivity contribution is 6.05. The van der Waals surface area contributed by atoms with Crippen LogP contribution in [0.4, 0.5) is 0 Å². The summed E-state index contributed by atoms with van der Waals surface area (Å²) < 4.78 is 0. The third kappa shape index (κ3) is 4.07. The molecule has 0 aromatic heterocycles. The van der Waals surface area contributed by atoms with Crippen LogP contribution in [0.25, 0.3) is 0 Å². The molecule has 0 bridgehead atoms. The van der Waals surface area contributed by atoms with Gasteiger partial charge in [-0.25, -0.2) is 0 Å². The van der Waals surface area contributed by atoms with E-state index in [1.807, 2.05) is 18.2 Å². The topological polar surface area (TPSA) is 95.7 Å². The lowest BCUT2D eigenvalue weighted by Gasteiger charge is -2.41. The van der Waals surface area contributed by atoms with Gasteiger partial charge in [0, 0.05) is 31.1 Å². The van der Waals surface area contributed by atoms with Crippen LogP contribution in [0.2, 0.25) is 0 Å². The molecule has 2 aromatic rings. The zero-order chi connectivity index (χ0) is 22.9. The van der Waals surface area contributed by atoms with Gasteiger partial charge in [-0.15, -0.1) is 0 Å². The van der Waals surface area contributed by atoms with Crippen LogP contribution in [0, 0.1) is 5.92 Å². The molecule has 2 fully saturated rings. The average Bonchev–Trinajstić information content (AvgIpc) is 3.16. The number of nitrogens with two attached hydrogens (primary N) is 1. The smallest absolute Gasteiger partial charge is 0.255 e. The molecule has 3 heterocycles. The molecule has 0 saturated carbocycles. The molecule has 3 aliphatic rings. The van der Waals surface area contributed by atoms with Gasteiger partial charge in [0.25, 0.3) is 5.91 Å². The number of hydrogen-bond acceptors (Lipinski definition) is 5. The number of nitrogens with zero attached hydrogens (tertiary/aromatic N) is 2. The number of piperidine rings is 2. The molecule has 172 valence electrons. The maximum atomic E-state index is 13.2. The Morgan fingerprint density at radius 1 is 1.00 bits per heavy atom. The Labute approximate surface area is 193 Å². The van der Waals surface area contributed by atoms with Crippen LogP contribution < -0.4 is 11.1 Å². The molecule has 3 atom stereocenters. The number of hydrogen-bond donors (Lipinski definition) is 2. The van der Waals surface area contributed by atoms with Gasteiger partial charge < -0.3 is 10.6 Å². The Morgan fingerprint density at radius 3 is 2.58 bits per heavy atom. The van der Waals surface area contributed by atoms with Crippen LogP contribution in [0.3, 0.4) is 0 Å². The van der Waals surface area contributed by atoms with E-state index < -0.39 is 6.04 Å². The van der Waals surface area contributed by atoms with Gasteiger partial charge in [0.2, 0.25) is 11.8 Å². The van der Waals surface area contributed by atoms with Gasteiger partial charge in [0.15, 0.2) is 0 Å². The predicted octanol–water partition coefficient (Wildman–Crippen LogP) is 2.36. The summed E-state index contributed by atoms with van der Waals surface area (Å²) in [5.74, 6) is -0.383. The minimum atomic E-state index is -0.593. The highest BCUT2D eigenvalue weighted by Crippen LogP contribution is 2.38. The molecule has 0 radical (unpaired) electrons. The molecule has 7 nitrogen and oxygen atoms in total. The van der Waals surface area contributed by atoms with Crippen molar-refractivity contribution in [2.24, 2.45) is 11.7 Å². The Hall–Kier alpha value is -3.03. The fraction of sp³-hybridized carbons (Fsp3) is 0.423. The maximum Gasteiger partial charge on any atom is 0.255 e. The number of nitrogens with one attached hydrogen (secondary N) is 1. The van der Waals surface area contributed by atoms with Gasteiger partial charge in [-0.2, -0.15) is 0 Å². The molecule has 3 aliphatic heterocycles. The third-order valence-electron chi connectivity index (χ3n) is 7.36. The first-order chi connectivity index (χ1) is 16.1. The van der Waals surface area contributed by atoms with Crippen molar-refractivity contribution in [1.82, 2.24) is 15.1 Å². The first-order valence-electron chi connectivity index (χ1n) is 11.8. The molecule has 0 spiro atoms. The summed E-state index contributed by atoms with van der Waals surface area (Å²) in [5.41, 5.74) is 10.2. The average molecular weight is 447 g/mol. The highest BCUT2D eigenvalue weighted by Gasteiger charge is 2.40. The van der Waals surface area contributed by atoms with Gasteiger partial charge >= 0.3 is 0 Å². The van der Waals surface area contributed by atoms with E-state index in [0.717, 1.165) is 37.1 Å². The molecule has 7 heteroatoms. The first kappa shape index (κ1) is 21.8. The minimum Gasteiger partial charge on any atom is -0.330 e. The lowest BCUT2D eigenvalue weighted by molar-refractivity contribution is -0.136. The summed E-state index contributed by atoms with van der Waals surface area (Å²) in [4.78, 5) is 41.3. The Morgan fingerprint density at radius 2 is 1.82 bits per heavy atom. The van der Waals surface area contributed by atoms with Gasteiger partial charge in [0.1, 0.15) is 6.04 Å². The number of amides is 3. The number of imide groups is 1. The molecule has 5 rings (SSSR count). The van der Waals surface area contributed by atoms with E-state index in [1.54, 1.807) is 4.90 Å². The second-order valence-corrected chi connectivity index (χ2v) is 9.31. The van der Waals surface area contributed by atoms with E-state index >= 15 is 0 Å². The van der Waals surface area contributed by atoms with Crippen LogP contribution >= 0.6 is 0 Å². The van der Waals surface area contributed by atoms with E-state index in [0.29, 0.717) is 31.0 Å². The molecule has 33 heavy (non-hydrogen) atoms. The van der Waals surface area contributed by atoms with Gasteiger partial charge in [-0.05, 0) is 61.0 Å². The largest absolute Gasteiger partial charge is 0.330 e. The number of fused-ring (bicyclic) bond motifs is 1. The molecule has 2 aromatic carbocycles. The van der Waals surface area contributed by atoms with Gasteiger partial charge in [0.05, 0.1) is 0 Å². The summed E-state index contributed by atoms with van der Waals surface area (Å²) in [6.45, 7) is 2.76. The summed E-state index contributed by atoms with van der Waals surface area (Å²) >= 11 is 0. The number of rotatable bonds is 5. The fourth-order valence-corrected chi connectivity index (χ4v) is 5.73. The van der Waals surface area contributed by atoms with Crippen molar-refractivity contribution in [3.8, 4) is 0 Å². The summed E-state index contributed by atoms with van der Waals surface area (Å²) in [7, 11) is 0. The number of likely N-dealkylation sites (tertiary alicyclic amines) is 1. The molecule has 3 amide bonds. The Balaban J connectivity index is 1.42. The molecular weight excluding hydrogens is 416 g/mol. The lowest BCUT2D eigenvalue weighted by atomic mass is 9.84. The minimum absolute atomic E-state index is 0.126. The summed E-state index contributed by atoms with van der Waals surface area (Å²) in [6, 6.07) is 16.1. The molecule has 1 unspecified atom stereocenters. The Kier molecular flexibility index (Phi) is 6.00. The normalized spacial score (nSPS) is 25.8. The van der Waals surface area contributed by atoms with Crippen molar-refractivity contribution in [2.75, 3.05) is 13.1 Å². The van der Waals surface area contributed by atoms with E-state index in [4.69, 9.17) is 5.73 Å². The number of benzene rings is 2. The fourth-order valence-electron chi connectivity index (χ4n) is 5.73. The highest BCUT2D eigenvalue weighted by atomic mass is 16.2. The van der Waals surface area contributed by atoms with Crippen molar-refractivity contribution in [3.05, 3.63) is 70.8 Å². The lowest BCUT2D eigenvalue weighted by Crippen LogP contribution is -2.52. The summed E-state index contributed by atoms with van der Waals surface area (Å²) in [6.07, 6.45) is 2.85. The molecular formula is C26H30N4O3. The second-order valence-electron chi connectivity index (χ2n) is 9.31. The zero-order valence-corrected chi connectivity index (χ0v) is 18.7. The maximum absolute atomic E-state index is 13.2. The van der Waals surface area contributed by atoms with Crippen LogP contribution in [-0.2, 0) is 22.7 Å². The SMILES string of the molecule is NC[C@@H]1CCCN(Cc2cccc3c2CN(C2CCC(=O)NC2=O)C3=O)[C@@H]1c1ccccc1. The van der Waals surface area contributed by atoms with Crippen molar-refractivity contribution >= 4 is 17.7 Å². The van der Waals surface area contributed by atoms with E-state index in [2.05, 4.69) is 40.5 Å². The molecule has 0 aliphatic carbocycles. The molecule has 3 N–H and O–H groups in total. The quantitative estimate of drug-likeness (QED) is 0.688. The van der Waals surface area contributed by atoms with Crippen molar-refractivity contribution in [2.45, 2.75) is 50.9 Å². The van der Waals surface area contributed by atoms with Crippen LogP contribution in [0.1, 0.15) is 58.8 Å². The van der Waals surface area contributed by atoms with Gasteiger partial charge in [-0.1, -0.05) is 42.5 Å². The van der Waals surface area contributed by atoms with Crippen LogP contribution in [0.5, 0.6) is 0 Å². The first-order valence-corrected chi connectivity index (χ1v) is 11.8. The van der Waals surface area contributed by atoms with E-state index in [-0.39, 0.29) is 30.2 Å². The number of carbonyl (C=O) groups is 3. The predicted molar refractivity (Wildman–Crippen MR) is 124 cm³/mol. The second kappa shape index (κ2) is 9.08. The van der Waals surface area contributed by atoms with E-state index in [9.17, 15) is 14.4 Å². The summed E-state index contributed by atoms with van der Waals surface area (Å²) in [5, 5.41) is 2.38. The number of carbonyl (C=O) groups excluding carboxylic acids is 3. The van der Waals surface area contributed by atoms with Crippen LogP contribution in [-0.4, -0.2) is 46.7 Å². The van der Waals surface area contributed by atoms with Crippen molar-refractivity contribution < 1.29 is 14.4 Å². The van der Waals surface area contributed by atoms with Crippen molar-refractivity contribution in [3.63, 3.8) is 0 Å². The van der Waals surface area contributed by atoms with E-state index in [1.165, 1.54) is 5.56 Å². The molecule has 2 saturated heterocycles. The zero-order valence-electron chi connectivity index (χ0n) is 18.7. The van der Waals surface area contributed by atoms with Crippen LogP contribution in [0.15, 0.2) is 48.5 Å². The van der Waals surface area contributed by atoms with Gasteiger partial charge in [-0.3, -0.25) is 24.6 Å². The Bertz CT molecular complexity index is 1070. The third-order valence-corrected chi connectivity index (χ3v) is 7.36. The standard InChI is InChI=1S/C26H30N4O3/c27-14-18-9-5-13-29(24(18)17-6-2-1-3-7-17)15-19-8-4-10-20-21(19)16-30(26(20)33)22-11-12-23(31)28-25(22)32/h1-4,6-8,10,18,22,24H,5,9,11-16,27H2,(H,28,31,32)/t18-,22?,24+/m0/s1. The monoisotopic (exact) mass is 446 g/mol. The van der Waals surface area contributed by atoms with Crippen molar-refractivity contribution in [1.29, 1.82) is 0 Å².